The van der Waals surface area contributed by atoms with Crippen LogP contribution in [0.3, 0.4) is 0 Å². The number of nitriles is 7. The lowest BCUT2D eigenvalue weighted by molar-refractivity contribution is -0.143. The predicted molar refractivity (Wildman–Crippen MR) is 160 cm³/mol. The van der Waals surface area contributed by atoms with Gasteiger partial charge in [-0.05, 0) is 53.1 Å². The monoisotopic (exact) mass is 727 g/mol. The summed E-state index contributed by atoms with van der Waals surface area (Å²) in [6, 6.07) is 13.0. The Morgan fingerprint density at radius 1 is 0.491 bits per heavy atom. The minimum Gasteiger partial charge on any atom is -0.206 e. The van der Waals surface area contributed by atoms with Crippen molar-refractivity contribution < 1.29 is 43.9 Å². The average Bonchev–Trinajstić information content (AvgIpc) is 3.61. The third-order valence-electron chi connectivity index (χ3n) is 8.09. The summed E-state index contributed by atoms with van der Waals surface area (Å²) < 4.78 is 141. The van der Waals surface area contributed by atoms with Gasteiger partial charge in [-0.3, -0.25) is 0 Å². The van der Waals surface area contributed by atoms with Crippen molar-refractivity contribution in [1.29, 1.82) is 36.8 Å². The number of rotatable bonds is 2. The first kappa shape index (κ1) is 36.6. The zero-order chi connectivity index (χ0) is 39.4. The average molecular weight is 727 g/mol. The molecule has 5 rings (SSSR count). The molecule has 0 radical (unpaired) electrons. The third-order valence-corrected chi connectivity index (χ3v) is 8.09. The molecular formula is C36H7F10N7. The van der Waals surface area contributed by atoms with Gasteiger partial charge in [-0.2, -0.15) is 76.3 Å². The van der Waals surface area contributed by atoms with Gasteiger partial charge in [0, 0.05) is 39.0 Å². The van der Waals surface area contributed by atoms with E-state index in [9.17, 15) is 76.3 Å². The number of hydrogen-bond acceptors (Lipinski definition) is 7. The highest BCUT2D eigenvalue weighted by Crippen LogP contribution is 2.56. The molecular weight excluding hydrogens is 720 g/mol. The van der Waals surface area contributed by atoms with Gasteiger partial charge in [-0.1, -0.05) is 6.07 Å². The summed E-state index contributed by atoms with van der Waals surface area (Å²) in [7, 11) is 0. The van der Waals surface area contributed by atoms with Crippen LogP contribution < -0.4 is 0 Å². The highest BCUT2D eigenvalue weighted by molar-refractivity contribution is 6.30. The first-order chi connectivity index (χ1) is 24.8. The van der Waals surface area contributed by atoms with Gasteiger partial charge in [-0.15, -0.1) is 0 Å². The molecule has 3 aromatic carbocycles. The Balaban J connectivity index is 1.97. The van der Waals surface area contributed by atoms with Gasteiger partial charge >= 0.3 is 18.5 Å². The van der Waals surface area contributed by atoms with E-state index < -0.39 is 125 Å². The second-order valence-electron chi connectivity index (χ2n) is 10.9. The molecule has 0 aromatic heterocycles. The molecule has 0 saturated carbocycles. The molecule has 2 aliphatic carbocycles. The minimum absolute atomic E-state index is 0.177. The molecule has 0 aliphatic heterocycles. The van der Waals surface area contributed by atoms with E-state index in [4.69, 9.17) is 0 Å². The molecule has 0 atom stereocenters. The van der Waals surface area contributed by atoms with E-state index >= 15 is 4.39 Å². The van der Waals surface area contributed by atoms with Crippen LogP contribution in [0.4, 0.5) is 43.9 Å². The third kappa shape index (κ3) is 5.78. The van der Waals surface area contributed by atoms with Crippen LogP contribution in [0.15, 0.2) is 53.6 Å². The van der Waals surface area contributed by atoms with E-state index in [1.807, 2.05) is 0 Å². The second-order valence-corrected chi connectivity index (χ2v) is 10.9. The van der Waals surface area contributed by atoms with Gasteiger partial charge in [0.05, 0.1) is 39.5 Å². The van der Waals surface area contributed by atoms with Crippen molar-refractivity contribution in [3.8, 4) is 42.5 Å². The zero-order valence-electron chi connectivity index (χ0n) is 25.5. The lowest BCUT2D eigenvalue weighted by atomic mass is 9.88. The Morgan fingerprint density at radius 3 is 1.45 bits per heavy atom. The lowest BCUT2D eigenvalue weighted by Crippen LogP contribution is -2.12. The number of benzene rings is 3. The highest BCUT2D eigenvalue weighted by atomic mass is 19.4. The molecule has 0 saturated heterocycles. The quantitative estimate of drug-likeness (QED) is 0.187. The zero-order valence-corrected chi connectivity index (χ0v) is 25.5. The van der Waals surface area contributed by atoms with Crippen molar-refractivity contribution in [2.24, 2.45) is 0 Å². The summed E-state index contributed by atoms with van der Waals surface area (Å²) in [5.41, 5.74) is -17.1. The molecule has 256 valence electrons. The maximum absolute atomic E-state index is 17.1. The number of halogens is 10. The van der Waals surface area contributed by atoms with Crippen LogP contribution >= 0.6 is 0 Å². The SMILES string of the molecule is N#CC(C#N)=C1C(c2cc(C(F)(F)F)cc(C(F)(F)F)c2)=C(C#N)c2c1cc1c(c2F)C(=C(C#N)C#N)C(c2ccc(C(F)(F)F)c(C#N)c2)=C1C#N. The summed E-state index contributed by atoms with van der Waals surface area (Å²) >= 11 is 0. The Labute approximate surface area is 290 Å². The van der Waals surface area contributed by atoms with Gasteiger partial charge in [-0.25, -0.2) is 4.39 Å². The standard InChI is InChI=1S/C36H7F10N7/c37-33-31-23(29(18(9-48)10-49)28(25(31)14-53)16-4-20(34(38,39)40)6-21(5-16)35(41,42)43)7-22-24(13-52)27(30(32(22)33)19(11-50)12-51)15-1-2-26(36(44,45)46)17(3-15)8-47/h1-7H. The van der Waals surface area contributed by atoms with Crippen molar-refractivity contribution in [1.82, 2.24) is 0 Å². The molecule has 7 nitrogen and oxygen atoms in total. The first-order valence-electron chi connectivity index (χ1n) is 14.0. The van der Waals surface area contributed by atoms with E-state index in [0.29, 0.717) is 12.1 Å². The van der Waals surface area contributed by atoms with E-state index in [-0.39, 0.29) is 18.2 Å². The summed E-state index contributed by atoms with van der Waals surface area (Å²) in [6.45, 7) is 0. The van der Waals surface area contributed by atoms with Crippen LogP contribution in [-0.4, -0.2) is 0 Å². The molecule has 0 amide bonds. The molecule has 0 N–H and O–H groups in total. The van der Waals surface area contributed by atoms with Gasteiger partial charge in [0.2, 0.25) is 0 Å². The lowest BCUT2D eigenvalue weighted by Gasteiger charge is -2.16. The van der Waals surface area contributed by atoms with E-state index in [2.05, 4.69) is 0 Å². The first-order valence-corrected chi connectivity index (χ1v) is 14.0. The van der Waals surface area contributed by atoms with E-state index in [0.717, 1.165) is 12.1 Å². The Bertz CT molecular complexity index is 2590. The Hall–Kier alpha value is -7.65. The second kappa shape index (κ2) is 12.6. The van der Waals surface area contributed by atoms with Crippen LogP contribution in [-0.2, 0) is 18.5 Å². The van der Waals surface area contributed by atoms with Gasteiger partial charge < -0.3 is 0 Å². The van der Waals surface area contributed by atoms with Crippen molar-refractivity contribution in [3.05, 3.63) is 115 Å². The van der Waals surface area contributed by atoms with Crippen molar-refractivity contribution in [2.45, 2.75) is 18.5 Å². The molecule has 0 bridgehead atoms. The van der Waals surface area contributed by atoms with E-state index in [1.165, 1.54) is 36.4 Å². The van der Waals surface area contributed by atoms with Crippen molar-refractivity contribution >= 4 is 33.4 Å². The smallest absolute Gasteiger partial charge is 0.206 e. The van der Waals surface area contributed by atoms with Crippen LogP contribution in [0.2, 0.25) is 0 Å². The fourth-order valence-corrected chi connectivity index (χ4v) is 6.03. The molecule has 3 aromatic rings. The number of alkyl halides is 9. The molecule has 0 heterocycles. The molecule has 17 heteroatoms. The summed E-state index contributed by atoms with van der Waals surface area (Å²) in [5, 5.41) is 69.3. The maximum atomic E-state index is 17.1. The Morgan fingerprint density at radius 2 is 1.00 bits per heavy atom. The van der Waals surface area contributed by atoms with Crippen molar-refractivity contribution in [2.75, 3.05) is 0 Å². The molecule has 2 aliphatic rings. The normalized spacial score (nSPS) is 13.5. The number of fused-ring (bicyclic) bond motifs is 2. The van der Waals surface area contributed by atoms with E-state index in [1.54, 1.807) is 6.07 Å². The van der Waals surface area contributed by atoms with Gasteiger partial charge in [0.1, 0.15) is 53.4 Å². The van der Waals surface area contributed by atoms with Crippen LogP contribution in [0.1, 0.15) is 55.6 Å². The minimum atomic E-state index is -5.41. The summed E-state index contributed by atoms with van der Waals surface area (Å²) in [5.74, 6) is -1.60. The maximum Gasteiger partial charge on any atom is 0.417 e. The largest absolute Gasteiger partial charge is 0.417 e. The van der Waals surface area contributed by atoms with Crippen LogP contribution in [0.25, 0.3) is 33.4 Å². The van der Waals surface area contributed by atoms with Crippen LogP contribution in [0.5, 0.6) is 0 Å². The van der Waals surface area contributed by atoms with Crippen LogP contribution in [0, 0.1) is 85.1 Å². The number of allylic oxidation sites excluding steroid dienone is 8. The fraction of sp³-hybridized carbons (Fsp3) is 0.0833. The molecule has 0 unspecified atom stereocenters. The molecule has 0 fully saturated rings. The predicted octanol–water partition coefficient (Wildman–Crippen LogP) is 9.25. The summed E-state index contributed by atoms with van der Waals surface area (Å²) in [6.07, 6.45) is -15.9. The Kier molecular flexibility index (Phi) is 8.70. The summed E-state index contributed by atoms with van der Waals surface area (Å²) in [4.78, 5) is 0. The van der Waals surface area contributed by atoms with Gasteiger partial charge in [0.25, 0.3) is 0 Å². The van der Waals surface area contributed by atoms with Gasteiger partial charge in [0.15, 0.2) is 0 Å². The molecule has 0 spiro atoms. The fourth-order valence-electron chi connectivity index (χ4n) is 6.03. The molecule has 53 heavy (non-hydrogen) atoms. The topological polar surface area (TPSA) is 167 Å². The number of hydrogen-bond donors (Lipinski definition) is 0. The van der Waals surface area contributed by atoms with Crippen molar-refractivity contribution in [3.63, 3.8) is 0 Å². The number of nitrogens with zero attached hydrogens (tertiary/aromatic N) is 7. The highest BCUT2D eigenvalue weighted by Gasteiger charge is 2.43.